The van der Waals surface area contributed by atoms with Gasteiger partial charge in [0.2, 0.25) is 0 Å². The van der Waals surface area contributed by atoms with E-state index in [1.165, 1.54) is 25.0 Å². The van der Waals surface area contributed by atoms with E-state index < -0.39 is 23.9 Å². The molecule has 1 aromatic rings. The fourth-order valence-corrected chi connectivity index (χ4v) is 3.44. The highest BCUT2D eigenvalue weighted by atomic mass is 19.4. The van der Waals surface area contributed by atoms with Crippen molar-refractivity contribution in [1.29, 1.82) is 0 Å². The highest BCUT2D eigenvalue weighted by molar-refractivity contribution is 5.84. The third-order valence-corrected chi connectivity index (χ3v) is 5.07. The van der Waals surface area contributed by atoms with E-state index >= 15 is 0 Å². The van der Waals surface area contributed by atoms with Gasteiger partial charge in [0.25, 0.3) is 0 Å². The van der Waals surface area contributed by atoms with E-state index in [9.17, 15) is 18.0 Å². The third kappa shape index (κ3) is 4.36. The van der Waals surface area contributed by atoms with E-state index in [1.54, 1.807) is 0 Å². The second kappa shape index (κ2) is 7.29. The second-order valence-corrected chi connectivity index (χ2v) is 7.20. The summed E-state index contributed by atoms with van der Waals surface area (Å²) >= 11 is 0. The number of alkyl halides is 3. The Balaban J connectivity index is 1.30. The molecule has 2 N–H and O–H groups in total. The molecule has 0 aromatic heterocycles. The maximum absolute atomic E-state index is 12.8. The minimum Gasteiger partial charge on any atom is -0.441 e. The van der Waals surface area contributed by atoms with Crippen molar-refractivity contribution in [3.8, 4) is 0 Å². The van der Waals surface area contributed by atoms with Crippen LogP contribution in [0.5, 0.6) is 0 Å². The van der Waals surface area contributed by atoms with Gasteiger partial charge in [-0.1, -0.05) is 6.07 Å². The predicted octanol–water partition coefficient (Wildman–Crippen LogP) is 2.79. The molecule has 3 fully saturated rings. The zero-order valence-electron chi connectivity index (χ0n) is 14.5. The molecule has 1 amide bonds. The van der Waals surface area contributed by atoms with Crippen LogP contribution < -0.4 is 10.6 Å². The Kier molecular flexibility index (Phi) is 5.00. The van der Waals surface area contributed by atoms with Gasteiger partial charge >= 0.3 is 12.3 Å². The van der Waals surface area contributed by atoms with E-state index in [0.717, 1.165) is 24.6 Å². The molecular weight excluding hydrogens is 365 g/mol. The van der Waals surface area contributed by atoms with E-state index in [-0.39, 0.29) is 30.5 Å². The van der Waals surface area contributed by atoms with Crippen LogP contribution in [0.1, 0.15) is 18.4 Å². The van der Waals surface area contributed by atoms with Gasteiger partial charge in [0.15, 0.2) is 6.10 Å². The van der Waals surface area contributed by atoms with Crippen LogP contribution >= 0.6 is 0 Å². The van der Waals surface area contributed by atoms with Gasteiger partial charge in [-0.3, -0.25) is 5.32 Å². The lowest BCUT2D eigenvalue weighted by Gasteiger charge is -2.18. The maximum Gasteiger partial charge on any atom is 0.416 e. The monoisotopic (exact) mass is 386 g/mol. The van der Waals surface area contributed by atoms with Crippen LogP contribution in [0.4, 0.5) is 23.7 Å². The molecule has 9 heteroatoms. The van der Waals surface area contributed by atoms with Crippen molar-refractivity contribution >= 4 is 11.8 Å². The summed E-state index contributed by atoms with van der Waals surface area (Å²) in [6, 6.07) is 4.46. The Morgan fingerprint density at radius 3 is 2.70 bits per heavy atom. The highest BCUT2D eigenvalue weighted by Crippen LogP contribution is 2.32. The zero-order chi connectivity index (χ0) is 19.0. The first-order chi connectivity index (χ1) is 12.9. The number of carbonyl (C=O) groups excluding carboxylic acids is 1. The number of rotatable bonds is 5. The van der Waals surface area contributed by atoms with Gasteiger partial charge in [0.05, 0.1) is 24.8 Å². The lowest BCUT2D eigenvalue weighted by molar-refractivity contribution is -0.137. The van der Waals surface area contributed by atoms with Crippen LogP contribution in [0.2, 0.25) is 0 Å². The summed E-state index contributed by atoms with van der Waals surface area (Å²) in [6.07, 6.45) is -3.96. The van der Waals surface area contributed by atoms with E-state index in [1.807, 2.05) is 0 Å². The summed E-state index contributed by atoms with van der Waals surface area (Å²) in [7, 11) is 0. The fourth-order valence-electron chi connectivity index (χ4n) is 3.44. The number of fused-ring (bicyclic) bond motifs is 1. The SMILES string of the molecule is O=C(Nc1cccc(C(F)(F)F)c1)OC1COC2C(NCC3CC3)COC12. The van der Waals surface area contributed by atoms with Crippen molar-refractivity contribution in [3.63, 3.8) is 0 Å². The molecule has 4 atom stereocenters. The van der Waals surface area contributed by atoms with Crippen molar-refractivity contribution in [2.45, 2.75) is 43.4 Å². The van der Waals surface area contributed by atoms with Crippen molar-refractivity contribution in [2.75, 3.05) is 25.1 Å². The van der Waals surface area contributed by atoms with Crippen LogP contribution in [-0.2, 0) is 20.4 Å². The Hall–Kier alpha value is -1.84. The van der Waals surface area contributed by atoms with Crippen LogP contribution in [0, 0.1) is 5.92 Å². The van der Waals surface area contributed by atoms with Gasteiger partial charge in [-0.2, -0.15) is 13.2 Å². The largest absolute Gasteiger partial charge is 0.441 e. The Labute approximate surface area is 154 Å². The summed E-state index contributed by atoms with van der Waals surface area (Å²) in [5, 5.41) is 5.77. The first-order valence-corrected chi connectivity index (χ1v) is 9.01. The van der Waals surface area contributed by atoms with Gasteiger partial charge in [-0.15, -0.1) is 0 Å². The lowest BCUT2D eigenvalue weighted by Crippen LogP contribution is -2.42. The smallest absolute Gasteiger partial charge is 0.416 e. The summed E-state index contributed by atoms with van der Waals surface area (Å²) in [4.78, 5) is 12.1. The second-order valence-electron chi connectivity index (χ2n) is 7.20. The molecule has 148 valence electrons. The highest BCUT2D eigenvalue weighted by Gasteiger charge is 2.49. The first kappa shape index (κ1) is 18.5. The van der Waals surface area contributed by atoms with Crippen LogP contribution in [-0.4, -0.2) is 50.2 Å². The van der Waals surface area contributed by atoms with Gasteiger partial charge < -0.3 is 19.5 Å². The molecule has 1 aromatic carbocycles. The topological polar surface area (TPSA) is 68.8 Å². The van der Waals surface area contributed by atoms with E-state index in [4.69, 9.17) is 14.2 Å². The van der Waals surface area contributed by atoms with Gasteiger partial charge in [0.1, 0.15) is 12.2 Å². The number of benzene rings is 1. The maximum atomic E-state index is 12.8. The molecule has 1 saturated carbocycles. The van der Waals surface area contributed by atoms with Crippen molar-refractivity contribution in [1.82, 2.24) is 5.32 Å². The quantitative estimate of drug-likeness (QED) is 0.815. The number of hydrogen-bond donors (Lipinski definition) is 2. The number of carbonyl (C=O) groups is 1. The molecule has 4 unspecified atom stereocenters. The molecule has 1 aliphatic carbocycles. The first-order valence-electron chi connectivity index (χ1n) is 9.01. The molecule has 2 heterocycles. The van der Waals surface area contributed by atoms with Crippen LogP contribution in [0.25, 0.3) is 0 Å². The van der Waals surface area contributed by atoms with Gasteiger partial charge in [-0.25, -0.2) is 4.79 Å². The van der Waals surface area contributed by atoms with Gasteiger partial charge in [0, 0.05) is 5.69 Å². The van der Waals surface area contributed by atoms with E-state index in [2.05, 4.69) is 10.6 Å². The molecule has 6 nitrogen and oxygen atoms in total. The summed E-state index contributed by atoms with van der Waals surface area (Å²) in [5.41, 5.74) is -0.824. The molecule has 2 aliphatic heterocycles. The normalized spacial score (nSPS) is 30.2. The average Bonchev–Trinajstić information content (AvgIpc) is 3.23. The number of amides is 1. The number of hydrogen-bond acceptors (Lipinski definition) is 5. The molecule has 0 bridgehead atoms. The molecule has 0 spiro atoms. The fraction of sp³-hybridized carbons (Fsp3) is 0.611. The summed E-state index contributed by atoms with van der Waals surface area (Å²) < 4.78 is 55.0. The molecular formula is C18H21F3N2O4. The van der Waals surface area contributed by atoms with Crippen molar-refractivity contribution in [3.05, 3.63) is 29.8 Å². The Morgan fingerprint density at radius 1 is 1.19 bits per heavy atom. The third-order valence-electron chi connectivity index (χ3n) is 5.07. The minimum atomic E-state index is -4.48. The molecule has 0 radical (unpaired) electrons. The Morgan fingerprint density at radius 2 is 1.96 bits per heavy atom. The van der Waals surface area contributed by atoms with Crippen LogP contribution in [0.3, 0.4) is 0 Å². The predicted molar refractivity (Wildman–Crippen MR) is 89.3 cm³/mol. The van der Waals surface area contributed by atoms with Gasteiger partial charge in [-0.05, 0) is 43.5 Å². The van der Waals surface area contributed by atoms with Crippen LogP contribution in [0.15, 0.2) is 24.3 Å². The molecule has 27 heavy (non-hydrogen) atoms. The molecule has 4 rings (SSSR count). The molecule has 3 aliphatic rings. The number of nitrogens with one attached hydrogen (secondary N) is 2. The van der Waals surface area contributed by atoms with Crippen molar-refractivity contribution < 1.29 is 32.2 Å². The number of anilines is 1. The minimum absolute atomic E-state index is 0.0154. The van der Waals surface area contributed by atoms with E-state index in [0.29, 0.717) is 6.61 Å². The average molecular weight is 386 g/mol. The lowest BCUT2D eigenvalue weighted by atomic mass is 10.1. The summed E-state index contributed by atoms with van der Waals surface area (Å²) in [6.45, 7) is 1.62. The van der Waals surface area contributed by atoms with Crippen molar-refractivity contribution in [2.24, 2.45) is 5.92 Å². The number of halogens is 3. The molecule has 2 saturated heterocycles. The standard InChI is InChI=1S/C18H21F3N2O4/c19-18(20,21)11-2-1-3-12(6-11)23-17(24)27-14-9-26-15-13(8-25-16(14)15)22-7-10-4-5-10/h1-3,6,10,13-16,22H,4-5,7-9H2,(H,23,24). The Bertz CT molecular complexity index is 695. The zero-order valence-corrected chi connectivity index (χ0v) is 14.5. The number of ether oxygens (including phenoxy) is 3. The summed E-state index contributed by atoms with van der Waals surface area (Å²) in [5.74, 6) is 0.732.